The van der Waals surface area contributed by atoms with Gasteiger partial charge in [0.2, 0.25) is 11.7 Å². The molecule has 1 N–H and O–H groups in total. The van der Waals surface area contributed by atoms with Crippen LogP contribution in [0.25, 0.3) is 0 Å². The average molecular weight is 441 g/mol. The first-order valence-electron chi connectivity index (χ1n) is 9.88. The molecule has 8 heteroatoms. The van der Waals surface area contributed by atoms with E-state index in [1.165, 1.54) is 46.2 Å². The minimum atomic E-state index is -0.584. The van der Waals surface area contributed by atoms with Crippen molar-refractivity contribution in [3.63, 3.8) is 0 Å². The summed E-state index contributed by atoms with van der Waals surface area (Å²) >= 11 is 0. The van der Waals surface area contributed by atoms with Gasteiger partial charge in [0.25, 0.3) is 0 Å². The molecule has 0 aliphatic carbocycles. The Morgan fingerprint density at radius 2 is 1.44 bits per heavy atom. The number of hydrogen-bond acceptors (Lipinski definition) is 7. The van der Waals surface area contributed by atoms with E-state index in [-0.39, 0.29) is 18.1 Å². The minimum absolute atomic E-state index is 0.0452. The Morgan fingerprint density at radius 1 is 0.844 bits per heavy atom. The molecule has 2 aromatic carbocycles. The molecule has 0 aliphatic heterocycles. The molecule has 1 aromatic heterocycles. The topological polar surface area (TPSA) is 88.4 Å². The van der Waals surface area contributed by atoms with E-state index >= 15 is 0 Å². The van der Waals surface area contributed by atoms with Crippen LogP contribution >= 0.6 is 0 Å². The molecule has 0 fully saturated rings. The van der Waals surface area contributed by atoms with Crippen LogP contribution in [0.15, 0.2) is 48.8 Å². The highest BCUT2D eigenvalue weighted by Gasteiger charge is 2.28. The van der Waals surface area contributed by atoms with Crippen molar-refractivity contribution in [2.24, 2.45) is 0 Å². The number of benzene rings is 2. The smallest absolute Gasteiger partial charge is 0.231 e. The number of aromatic hydroxyl groups is 1. The summed E-state index contributed by atoms with van der Waals surface area (Å²) in [6.45, 7) is 0. The summed E-state index contributed by atoms with van der Waals surface area (Å²) in [5.74, 6) is 1.33. The van der Waals surface area contributed by atoms with Gasteiger partial charge < -0.3 is 28.8 Å². The van der Waals surface area contributed by atoms with E-state index in [1.807, 2.05) is 0 Å². The minimum Gasteiger partial charge on any atom is -0.507 e. The Morgan fingerprint density at radius 3 is 1.94 bits per heavy atom. The van der Waals surface area contributed by atoms with E-state index < -0.39 is 5.92 Å². The zero-order valence-corrected chi connectivity index (χ0v) is 18.7. The van der Waals surface area contributed by atoms with Crippen molar-refractivity contribution in [3.8, 4) is 34.5 Å². The Labute approximate surface area is 186 Å². The first-order valence-corrected chi connectivity index (χ1v) is 9.88. The number of carbonyl (C=O) groups is 1. The Balaban J connectivity index is 2.22. The molecule has 170 valence electrons. The van der Waals surface area contributed by atoms with Crippen molar-refractivity contribution in [1.29, 1.82) is 0 Å². The lowest BCUT2D eigenvalue weighted by Gasteiger charge is -2.23. The Kier molecular flexibility index (Phi) is 7.14. The van der Waals surface area contributed by atoms with Crippen LogP contribution in [0.5, 0.6) is 34.5 Å². The quantitative estimate of drug-likeness (QED) is 0.535. The van der Waals surface area contributed by atoms with Crippen molar-refractivity contribution in [2.75, 3.05) is 35.5 Å². The highest BCUT2D eigenvalue weighted by Crippen LogP contribution is 2.47. The van der Waals surface area contributed by atoms with Crippen LogP contribution in [0.2, 0.25) is 0 Å². The lowest BCUT2D eigenvalue weighted by atomic mass is 9.86. The van der Waals surface area contributed by atoms with E-state index in [1.54, 1.807) is 42.7 Å². The highest BCUT2D eigenvalue weighted by atomic mass is 16.5. The highest BCUT2D eigenvalue weighted by molar-refractivity contribution is 5.81. The number of methoxy groups -OCH3 is 5. The molecule has 1 atom stereocenters. The number of phenols is 1. The van der Waals surface area contributed by atoms with E-state index in [9.17, 15) is 9.90 Å². The zero-order valence-electron chi connectivity index (χ0n) is 18.7. The molecule has 0 spiro atoms. The molecule has 0 amide bonds. The first-order chi connectivity index (χ1) is 15.5. The maximum absolute atomic E-state index is 13.1. The number of rotatable bonds is 9. The van der Waals surface area contributed by atoms with Crippen LogP contribution in [0.1, 0.15) is 28.3 Å². The van der Waals surface area contributed by atoms with Crippen LogP contribution in [-0.2, 0) is 0 Å². The van der Waals surface area contributed by atoms with Gasteiger partial charge in [-0.2, -0.15) is 0 Å². The fourth-order valence-electron chi connectivity index (χ4n) is 3.69. The monoisotopic (exact) mass is 441 g/mol. The summed E-state index contributed by atoms with van der Waals surface area (Å²) in [4.78, 5) is 13.1. The third-order valence-corrected chi connectivity index (χ3v) is 5.26. The number of hydrogen-bond donors (Lipinski definition) is 1. The fraction of sp³-hybridized carbons (Fsp3) is 0.292. The average Bonchev–Trinajstić information content (AvgIpc) is 3.36. The fourth-order valence-corrected chi connectivity index (χ4v) is 3.69. The van der Waals surface area contributed by atoms with Crippen LogP contribution in [0.3, 0.4) is 0 Å². The molecular formula is C24H27NO7. The molecular weight excluding hydrogens is 414 g/mol. The predicted molar refractivity (Wildman–Crippen MR) is 119 cm³/mol. The Bertz CT molecular complexity index is 1050. The summed E-state index contributed by atoms with van der Waals surface area (Å²) in [6.07, 6.45) is 3.41. The van der Waals surface area contributed by atoms with Gasteiger partial charge in [0.05, 0.1) is 35.5 Å². The van der Waals surface area contributed by atoms with Crippen LogP contribution in [0.4, 0.5) is 0 Å². The van der Waals surface area contributed by atoms with Crippen molar-refractivity contribution >= 4 is 5.91 Å². The normalized spacial score (nSPS) is 11.5. The first kappa shape index (κ1) is 22.9. The van der Waals surface area contributed by atoms with E-state index in [4.69, 9.17) is 23.7 Å². The molecule has 0 saturated carbocycles. The van der Waals surface area contributed by atoms with Gasteiger partial charge >= 0.3 is 0 Å². The molecule has 3 aromatic rings. The van der Waals surface area contributed by atoms with Gasteiger partial charge in [-0.3, -0.25) is 9.36 Å². The third kappa shape index (κ3) is 4.44. The van der Waals surface area contributed by atoms with Crippen LogP contribution < -0.4 is 23.7 Å². The van der Waals surface area contributed by atoms with E-state index in [0.717, 1.165) is 0 Å². The van der Waals surface area contributed by atoms with Crippen molar-refractivity contribution < 1.29 is 33.6 Å². The van der Waals surface area contributed by atoms with Gasteiger partial charge in [-0.05, 0) is 29.8 Å². The molecule has 3 rings (SSSR count). The van der Waals surface area contributed by atoms with Crippen molar-refractivity contribution in [1.82, 2.24) is 4.57 Å². The molecule has 1 unspecified atom stereocenters. The predicted octanol–water partition coefficient (Wildman–Crippen LogP) is 4.10. The van der Waals surface area contributed by atoms with E-state index in [2.05, 4.69) is 0 Å². The van der Waals surface area contributed by atoms with E-state index in [0.29, 0.717) is 39.9 Å². The van der Waals surface area contributed by atoms with Crippen molar-refractivity contribution in [2.45, 2.75) is 12.3 Å². The van der Waals surface area contributed by atoms with Gasteiger partial charge in [0.15, 0.2) is 11.5 Å². The second-order valence-corrected chi connectivity index (χ2v) is 6.96. The molecule has 0 radical (unpaired) electrons. The number of phenolic OH excluding ortho intramolecular Hbond substituents is 1. The van der Waals surface area contributed by atoms with Crippen LogP contribution in [0, 0.1) is 0 Å². The summed E-state index contributed by atoms with van der Waals surface area (Å²) in [5.41, 5.74) is 1.13. The molecule has 0 aliphatic rings. The molecule has 1 heterocycles. The summed E-state index contributed by atoms with van der Waals surface area (Å²) in [5, 5.41) is 10.9. The van der Waals surface area contributed by atoms with Gasteiger partial charge in [0, 0.05) is 42.4 Å². The third-order valence-electron chi connectivity index (χ3n) is 5.26. The Hall–Kier alpha value is -3.81. The van der Waals surface area contributed by atoms with Gasteiger partial charge in [-0.25, -0.2) is 0 Å². The standard InChI is InChI=1S/C24H27NO7/c1-28-16-12-18(26)23(19(13-16)29-2)17(14-22(27)25-8-6-7-9-25)15-10-20(30-3)24(32-5)21(11-15)31-4/h6-13,17,26H,14H2,1-5H3. The maximum Gasteiger partial charge on any atom is 0.231 e. The SMILES string of the molecule is COc1cc(O)c(C(CC(=O)n2cccc2)c2cc(OC)c(OC)c(OC)c2)c(OC)c1. The van der Waals surface area contributed by atoms with Gasteiger partial charge in [0.1, 0.15) is 17.2 Å². The van der Waals surface area contributed by atoms with Gasteiger partial charge in [-0.1, -0.05) is 0 Å². The van der Waals surface area contributed by atoms with Crippen molar-refractivity contribution in [3.05, 3.63) is 59.9 Å². The maximum atomic E-state index is 13.1. The lowest BCUT2D eigenvalue weighted by molar-refractivity contribution is 0.0897. The molecule has 0 bridgehead atoms. The zero-order chi connectivity index (χ0) is 23.3. The molecule has 32 heavy (non-hydrogen) atoms. The van der Waals surface area contributed by atoms with Gasteiger partial charge in [-0.15, -0.1) is 0 Å². The molecule has 0 saturated heterocycles. The second-order valence-electron chi connectivity index (χ2n) is 6.96. The largest absolute Gasteiger partial charge is 0.507 e. The summed E-state index contributed by atoms with van der Waals surface area (Å²) in [6, 6.07) is 10.2. The summed E-state index contributed by atoms with van der Waals surface area (Å²) < 4.78 is 28.7. The lowest BCUT2D eigenvalue weighted by Crippen LogP contribution is -2.15. The number of nitrogens with zero attached hydrogens (tertiary/aromatic N) is 1. The number of carbonyl (C=O) groups excluding carboxylic acids is 1. The number of aromatic nitrogens is 1. The number of ether oxygens (including phenoxy) is 5. The second kappa shape index (κ2) is 10.00. The van der Waals surface area contributed by atoms with Crippen LogP contribution in [-0.4, -0.2) is 51.1 Å². The summed E-state index contributed by atoms with van der Waals surface area (Å²) in [7, 11) is 7.56. The molecule has 8 nitrogen and oxygen atoms in total.